The number of benzene rings is 1. The Morgan fingerprint density at radius 2 is 2.17 bits per heavy atom. The maximum Gasteiger partial charge on any atom is 0.223 e. The average Bonchev–Trinajstić information content (AvgIpc) is 2.81. The fourth-order valence-electron chi connectivity index (χ4n) is 1.77. The lowest BCUT2D eigenvalue weighted by atomic mass is 10.3. The summed E-state index contributed by atoms with van der Waals surface area (Å²) in [5.74, 6) is 0.588. The van der Waals surface area contributed by atoms with Crippen molar-refractivity contribution >= 4 is 27.2 Å². The maximum absolute atomic E-state index is 5.77. The van der Waals surface area contributed by atoms with Crippen LogP contribution in [0.3, 0.4) is 0 Å². The van der Waals surface area contributed by atoms with Crippen LogP contribution in [-0.4, -0.2) is 17.1 Å². The largest absolute Gasteiger partial charge is 0.480 e. The Hall–Kier alpha value is -2.14. The lowest BCUT2D eigenvalue weighted by Gasteiger charge is -2.02. The second-order valence-corrected chi connectivity index (χ2v) is 4.84. The first-order chi connectivity index (χ1) is 8.78. The minimum absolute atomic E-state index is 0.588. The lowest BCUT2D eigenvalue weighted by molar-refractivity contribution is 0.399. The van der Waals surface area contributed by atoms with Crippen molar-refractivity contribution < 1.29 is 4.74 Å². The van der Waals surface area contributed by atoms with Gasteiger partial charge in [0.25, 0.3) is 0 Å². The summed E-state index contributed by atoms with van der Waals surface area (Å²) >= 11 is 1.58. The van der Waals surface area contributed by atoms with Gasteiger partial charge in [-0.05, 0) is 30.3 Å². The van der Waals surface area contributed by atoms with E-state index in [1.807, 2.05) is 30.3 Å². The first-order valence-electron chi connectivity index (χ1n) is 5.43. The molecule has 0 unspecified atom stereocenters. The van der Waals surface area contributed by atoms with Crippen molar-refractivity contribution in [3.05, 3.63) is 36.5 Å². The van der Waals surface area contributed by atoms with Crippen molar-refractivity contribution in [2.24, 2.45) is 0 Å². The number of fused-ring (bicyclic) bond motifs is 1. The fourth-order valence-corrected chi connectivity index (χ4v) is 2.80. The topological polar surface area (TPSA) is 61.0 Å². The molecular weight excluding hydrogens is 246 g/mol. The number of nitrogens with two attached hydrogens (primary N) is 1. The van der Waals surface area contributed by atoms with Gasteiger partial charge in [0.15, 0.2) is 0 Å². The Balaban J connectivity index is 2.19. The Kier molecular flexibility index (Phi) is 2.60. The third kappa shape index (κ3) is 1.78. The van der Waals surface area contributed by atoms with Gasteiger partial charge in [-0.25, -0.2) is 9.97 Å². The molecule has 5 heteroatoms. The Labute approximate surface area is 108 Å². The molecule has 3 rings (SSSR count). The van der Waals surface area contributed by atoms with Crippen molar-refractivity contribution in [3.8, 4) is 16.5 Å². The molecule has 3 aromatic rings. The number of methoxy groups -OCH3 is 1. The summed E-state index contributed by atoms with van der Waals surface area (Å²) in [6, 6.07) is 9.53. The van der Waals surface area contributed by atoms with E-state index in [4.69, 9.17) is 10.5 Å². The molecule has 90 valence electrons. The Bertz CT molecular complexity index is 708. The molecule has 0 radical (unpaired) electrons. The third-order valence-corrected chi connectivity index (χ3v) is 3.66. The van der Waals surface area contributed by atoms with Crippen LogP contribution in [0.4, 0.5) is 5.69 Å². The molecule has 2 N–H and O–H groups in total. The molecule has 0 saturated carbocycles. The zero-order valence-electron chi connectivity index (χ0n) is 9.75. The Morgan fingerprint density at radius 1 is 1.28 bits per heavy atom. The predicted molar refractivity (Wildman–Crippen MR) is 73.8 cm³/mol. The monoisotopic (exact) mass is 257 g/mol. The van der Waals surface area contributed by atoms with Crippen molar-refractivity contribution in [2.75, 3.05) is 12.8 Å². The molecule has 0 spiro atoms. The van der Waals surface area contributed by atoms with E-state index in [0.29, 0.717) is 5.88 Å². The van der Waals surface area contributed by atoms with Gasteiger partial charge in [0.1, 0.15) is 5.01 Å². The molecule has 0 amide bonds. The molecule has 0 aliphatic heterocycles. The molecule has 1 aromatic carbocycles. The minimum atomic E-state index is 0.588. The van der Waals surface area contributed by atoms with Gasteiger partial charge in [0.2, 0.25) is 5.88 Å². The van der Waals surface area contributed by atoms with Crippen molar-refractivity contribution in [1.29, 1.82) is 0 Å². The second kappa shape index (κ2) is 4.27. The van der Waals surface area contributed by atoms with Crippen LogP contribution in [0.15, 0.2) is 36.5 Å². The van der Waals surface area contributed by atoms with Crippen LogP contribution >= 0.6 is 11.3 Å². The van der Waals surface area contributed by atoms with E-state index in [-0.39, 0.29) is 0 Å². The molecule has 18 heavy (non-hydrogen) atoms. The van der Waals surface area contributed by atoms with Crippen LogP contribution in [0.1, 0.15) is 0 Å². The summed E-state index contributed by atoms with van der Waals surface area (Å²) in [6.45, 7) is 0. The first kappa shape index (κ1) is 11.0. The molecule has 0 fully saturated rings. The van der Waals surface area contributed by atoms with Crippen LogP contribution in [-0.2, 0) is 0 Å². The number of thiazole rings is 1. The van der Waals surface area contributed by atoms with Crippen LogP contribution in [0, 0.1) is 0 Å². The summed E-state index contributed by atoms with van der Waals surface area (Å²) in [5.41, 5.74) is 8.36. The number of ether oxygens (including phenoxy) is 1. The highest BCUT2D eigenvalue weighted by molar-refractivity contribution is 7.21. The zero-order chi connectivity index (χ0) is 12.5. The summed E-state index contributed by atoms with van der Waals surface area (Å²) < 4.78 is 6.32. The molecule has 0 bridgehead atoms. The van der Waals surface area contributed by atoms with Crippen LogP contribution < -0.4 is 10.5 Å². The standard InChI is InChI=1S/C13H11N3OS/c1-17-12-9(3-2-6-15-12)13-16-10-5-4-8(14)7-11(10)18-13/h2-7H,14H2,1H3. The van der Waals surface area contributed by atoms with Gasteiger partial charge in [-0.2, -0.15) is 0 Å². The number of nitrogens with zero attached hydrogens (tertiary/aromatic N) is 2. The highest BCUT2D eigenvalue weighted by atomic mass is 32.1. The lowest BCUT2D eigenvalue weighted by Crippen LogP contribution is -1.89. The molecule has 0 saturated heterocycles. The van der Waals surface area contributed by atoms with Gasteiger partial charge in [0.05, 0.1) is 22.9 Å². The smallest absolute Gasteiger partial charge is 0.223 e. The van der Waals surface area contributed by atoms with E-state index in [0.717, 1.165) is 26.5 Å². The second-order valence-electron chi connectivity index (χ2n) is 3.81. The van der Waals surface area contributed by atoms with Gasteiger partial charge in [-0.1, -0.05) is 0 Å². The minimum Gasteiger partial charge on any atom is -0.480 e. The molecule has 0 aliphatic carbocycles. The van der Waals surface area contributed by atoms with E-state index < -0.39 is 0 Å². The van der Waals surface area contributed by atoms with Gasteiger partial charge in [-0.15, -0.1) is 11.3 Å². The number of hydrogen-bond acceptors (Lipinski definition) is 5. The summed E-state index contributed by atoms with van der Waals surface area (Å²) in [5, 5.41) is 0.889. The van der Waals surface area contributed by atoms with Gasteiger partial charge < -0.3 is 10.5 Å². The van der Waals surface area contributed by atoms with Gasteiger partial charge >= 0.3 is 0 Å². The number of rotatable bonds is 2. The van der Waals surface area contributed by atoms with Crippen molar-refractivity contribution in [1.82, 2.24) is 9.97 Å². The average molecular weight is 257 g/mol. The zero-order valence-corrected chi connectivity index (χ0v) is 10.6. The number of nitrogen functional groups attached to an aromatic ring is 1. The number of hydrogen-bond donors (Lipinski definition) is 1. The number of pyridine rings is 1. The highest BCUT2D eigenvalue weighted by Crippen LogP contribution is 2.34. The maximum atomic E-state index is 5.77. The van der Waals surface area contributed by atoms with E-state index in [9.17, 15) is 0 Å². The summed E-state index contributed by atoms with van der Waals surface area (Å²) in [4.78, 5) is 8.76. The van der Waals surface area contributed by atoms with Crippen LogP contribution in [0.2, 0.25) is 0 Å². The molecular formula is C13H11N3OS. The third-order valence-electron chi connectivity index (χ3n) is 2.61. The van der Waals surface area contributed by atoms with Gasteiger partial charge in [-0.3, -0.25) is 0 Å². The number of anilines is 1. The van der Waals surface area contributed by atoms with E-state index in [1.54, 1.807) is 24.6 Å². The Morgan fingerprint density at radius 3 is 3.00 bits per heavy atom. The number of aromatic nitrogens is 2. The highest BCUT2D eigenvalue weighted by Gasteiger charge is 2.11. The van der Waals surface area contributed by atoms with Crippen LogP contribution in [0.5, 0.6) is 5.88 Å². The van der Waals surface area contributed by atoms with Crippen molar-refractivity contribution in [3.63, 3.8) is 0 Å². The SMILES string of the molecule is COc1ncccc1-c1nc2ccc(N)cc2s1. The molecule has 0 aliphatic rings. The molecule has 2 heterocycles. The quantitative estimate of drug-likeness (QED) is 0.717. The van der Waals surface area contributed by atoms with Crippen molar-refractivity contribution in [2.45, 2.75) is 0 Å². The molecule has 4 nitrogen and oxygen atoms in total. The van der Waals surface area contributed by atoms with Gasteiger partial charge in [0, 0.05) is 11.9 Å². The first-order valence-corrected chi connectivity index (χ1v) is 6.25. The normalized spacial score (nSPS) is 10.7. The van der Waals surface area contributed by atoms with E-state index in [2.05, 4.69) is 9.97 Å². The fraction of sp³-hybridized carbons (Fsp3) is 0.0769. The predicted octanol–water partition coefficient (Wildman–Crippen LogP) is 2.95. The van der Waals surface area contributed by atoms with E-state index >= 15 is 0 Å². The molecule has 2 aromatic heterocycles. The molecule has 0 atom stereocenters. The summed E-state index contributed by atoms with van der Waals surface area (Å²) in [7, 11) is 1.61. The summed E-state index contributed by atoms with van der Waals surface area (Å²) in [6.07, 6.45) is 1.70. The van der Waals surface area contributed by atoms with Crippen LogP contribution in [0.25, 0.3) is 20.8 Å². The van der Waals surface area contributed by atoms with E-state index in [1.165, 1.54) is 0 Å².